The zero-order valence-electron chi connectivity index (χ0n) is 16.7. The number of hydrogen-bond donors (Lipinski definition) is 3. The van der Waals surface area contributed by atoms with Crippen LogP contribution in [0.15, 0.2) is 29.3 Å². The molecule has 3 N–H and O–H groups in total. The molecule has 1 aliphatic heterocycles. The van der Waals surface area contributed by atoms with Crippen LogP contribution in [-0.2, 0) is 4.79 Å². The SMILES string of the molecule is CCNC(=NCCNc1nc2ccccc2s1)N1CCC(CC(=O)NC)CC1. The third kappa shape index (κ3) is 5.58. The molecule has 3 rings (SSSR count). The average molecular weight is 403 g/mol. The fourth-order valence-electron chi connectivity index (χ4n) is 3.41. The van der Waals surface area contributed by atoms with Gasteiger partial charge in [0.05, 0.1) is 16.8 Å². The highest BCUT2D eigenvalue weighted by Crippen LogP contribution is 2.25. The number of benzene rings is 1. The number of nitrogens with zero attached hydrogens (tertiary/aromatic N) is 3. The Morgan fingerprint density at radius 1 is 1.32 bits per heavy atom. The molecule has 2 aromatic rings. The summed E-state index contributed by atoms with van der Waals surface area (Å²) in [6.45, 7) is 6.27. The molecule has 0 radical (unpaired) electrons. The summed E-state index contributed by atoms with van der Waals surface area (Å²) in [5.74, 6) is 1.58. The molecule has 0 bridgehead atoms. The molecule has 0 aliphatic carbocycles. The Bertz CT molecular complexity index is 764. The van der Waals surface area contributed by atoms with Crippen molar-refractivity contribution in [3.05, 3.63) is 24.3 Å². The van der Waals surface area contributed by atoms with Crippen molar-refractivity contribution in [1.29, 1.82) is 0 Å². The lowest BCUT2D eigenvalue weighted by atomic mass is 9.93. The lowest BCUT2D eigenvalue weighted by molar-refractivity contribution is -0.121. The molecule has 0 saturated carbocycles. The molecule has 0 spiro atoms. The van der Waals surface area contributed by atoms with E-state index < -0.39 is 0 Å². The van der Waals surface area contributed by atoms with Crippen molar-refractivity contribution in [1.82, 2.24) is 20.5 Å². The maximum Gasteiger partial charge on any atom is 0.220 e. The molecule has 0 atom stereocenters. The fourth-order valence-corrected chi connectivity index (χ4v) is 4.30. The normalized spacial score (nSPS) is 15.6. The quantitative estimate of drug-likeness (QED) is 0.377. The van der Waals surface area contributed by atoms with Gasteiger partial charge in [-0.2, -0.15) is 0 Å². The van der Waals surface area contributed by atoms with Gasteiger partial charge >= 0.3 is 0 Å². The minimum Gasteiger partial charge on any atom is -0.360 e. The Kier molecular flexibility index (Phi) is 7.47. The first-order valence-electron chi connectivity index (χ1n) is 10.0. The molecule has 1 amide bonds. The second-order valence-corrected chi connectivity index (χ2v) is 7.99. The summed E-state index contributed by atoms with van der Waals surface area (Å²) in [6, 6.07) is 8.17. The number of aliphatic imine (C=N–C) groups is 1. The van der Waals surface area contributed by atoms with E-state index >= 15 is 0 Å². The largest absolute Gasteiger partial charge is 0.360 e. The third-order valence-electron chi connectivity index (χ3n) is 4.95. The third-order valence-corrected chi connectivity index (χ3v) is 5.94. The van der Waals surface area contributed by atoms with Crippen LogP contribution in [0.25, 0.3) is 10.2 Å². The van der Waals surface area contributed by atoms with Crippen LogP contribution >= 0.6 is 11.3 Å². The lowest BCUT2D eigenvalue weighted by Crippen LogP contribution is -2.46. The van der Waals surface area contributed by atoms with E-state index in [1.165, 1.54) is 4.70 Å². The minimum atomic E-state index is 0.139. The van der Waals surface area contributed by atoms with E-state index in [0.717, 1.165) is 55.6 Å². The molecule has 7 nitrogen and oxygen atoms in total. The van der Waals surface area contributed by atoms with E-state index in [2.05, 4.69) is 38.8 Å². The topological polar surface area (TPSA) is 81.7 Å². The van der Waals surface area contributed by atoms with Crippen LogP contribution in [0, 0.1) is 5.92 Å². The summed E-state index contributed by atoms with van der Waals surface area (Å²) in [7, 11) is 1.70. The van der Waals surface area contributed by atoms with Crippen LogP contribution in [0.1, 0.15) is 26.2 Å². The van der Waals surface area contributed by atoms with Crippen LogP contribution in [0.5, 0.6) is 0 Å². The van der Waals surface area contributed by atoms with Gasteiger partial charge in [0.1, 0.15) is 0 Å². The van der Waals surface area contributed by atoms with Gasteiger partial charge in [-0.1, -0.05) is 23.5 Å². The van der Waals surface area contributed by atoms with E-state index in [-0.39, 0.29) is 5.91 Å². The number of rotatable bonds is 7. The number of amides is 1. The maximum atomic E-state index is 11.6. The Morgan fingerprint density at radius 2 is 2.11 bits per heavy atom. The molecule has 1 aromatic carbocycles. The first-order valence-corrected chi connectivity index (χ1v) is 10.8. The van der Waals surface area contributed by atoms with E-state index in [0.29, 0.717) is 18.9 Å². The summed E-state index contributed by atoms with van der Waals surface area (Å²) in [4.78, 5) is 23.3. The van der Waals surface area contributed by atoms with E-state index in [1.54, 1.807) is 18.4 Å². The Hall–Kier alpha value is -2.35. The zero-order chi connectivity index (χ0) is 19.8. The van der Waals surface area contributed by atoms with Gasteiger partial charge in [-0.05, 0) is 37.8 Å². The number of guanidine groups is 1. The molecule has 2 heterocycles. The molecule has 28 heavy (non-hydrogen) atoms. The van der Waals surface area contributed by atoms with E-state index in [1.807, 2.05) is 18.2 Å². The van der Waals surface area contributed by atoms with Gasteiger partial charge in [0.25, 0.3) is 0 Å². The maximum absolute atomic E-state index is 11.6. The smallest absolute Gasteiger partial charge is 0.220 e. The van der Waals surface area contributed by atoms with Crippen molar-refractivity contribution in [2.75, 3.05) is 45.1 Å². The number of anilines is 1. The molecule has 1 aliphatic rings. The number of aromatic nitrogens is 1. The average Bonchev–Trinajstić information content (AvgIpc) is 3.13. The van der Waals surface area contributed by atoms with Crippen molar-refractivity contribution >= 4 is 38.6 Å². The number of carbonyl (C=O) groups excluding carboxylic acids is 1. The first-order chi connectivity index (χ1) is 13.7. The van der Waals surface area contributed by atoms with Crippen LogP contribution < -0.4 is 16.0 Å². The van der Waals surface area contributed by atoms with Gasteiger partial charge in [-0.15, -0.1) is 0 Å². The first kappa shape index (κ1) is 20.4. The predicted molar refractivity (Wildman–Crippen MR) is 117 cm³/mol. The number of likely N-dealkylation sites (tertiary alicyclic amines) is 1. The summed E-state index contributed by atoms with van der Waals surface area (Å²) in [5, 5.41) is 10.4. The Morgan fingerprint density at radius 3 is 2.82 bits per heavy atom. The van der Waals surface area contributed by atoms with Gasteiger partial charge in [-0.25, -0.2) is 4.98 Å². The minimum absolute atomic E-state index is 0.139. The number of hydrogen-bond acceptors (Lipinski definition) is 5. The molecule has 1 aromatic heterocycles. The Labute approximate surface area is 170 Å². The molecule has 152 valence electrons. The summed E-state index contributed by atoms with van der Waals surface area (Å²) >= 11 is 1.67. The number of para-hydroxylation sites is 1. The molecule has 1 saturated heterocycles. The highest BCUT2D eigenvalue weighted by molar-refractivity contribution is 7.22. The number of thiazole rings is 1. The van der Waals surface area contributed by atoms with Crippen molar-refractivity contribution in [3.63, 3.8) is 0 Å². The van der Waals surface area contributed by atoms with Crippen LogP contribution in [0.3, 0.4) is 0 Å². The zero-order valence-corrected chi connectivity index (χ0v) is 17.5. The van der Waals surface area contributed by atoms with Crippen molar-refractivity contribution < 1.29 is 4.79 Å². The van der Waals surface area contributed by atoms with Crippen LogP contribution in [-0.4, -0.2) is 61.5 Å². The van der Waals surface area contributed by atoms with E-state index in [9.17, 15) is 4.79 Å². The molecule has 1 fully saturated rings. The fraction of sp³-hybridized carbons (Fsp3) is 0.550. The Balaban J connectivity index is 1.48. The molecule has 8 heteroatoms. The number of fused-ring (bicyclic) bond motifs is 1. The molecular weight excluding hydrogens is 372 g/mol. The molecule has 0 unspecified atom stereocenters. The van der Waals surface area contributed by atoms with Crippen molar-refractivity contribution in [3.8, 4) is 0 Å². The predicted octanol–water partition coefficient (Wildman–Crippen LogP) is 2.52. The van der Waals surface area contributed by atoms with Gasteiger partial charge < -0.3 is 20.9 Å². The summed E-state index contributed by atoms with van der Waals surface area (Å²) < 4.78 is 1.20. The number of piperidine rings is 1. The molecular formula is C20H30N6OS. The summed E-state index contributed by atoms with van der Waals surface area (Å²) in [5.41, 5.74) is 1.03. The number of nitrogens with one attached hydrogen (secondary N) is 3. The van der Waals surface area contributed by atoms with Gasteiger partial charge in [0.15, 0.2) is 11.1 Å². The van der Waals surface area contributed by atoms with Gasteiger partial charge in [0, 0.05) is 39.6 Å². The monoisotopic (exact) mass is 402 g/mol. The van der Waals surface area contributed by atoms with Crippen LogP contribution in [0.4, 0.5) is 5.13 Å². The number of carbonyl (C=O) groups is 1. The lowest BCUT2D eigenvalue weighted by Gasteiger charge is -2.34. The standard InChI is InChI=1S/C20H30N6OS/c1-3-22-19(26-12-8-15(9-13-26)14-18(27)21-2)23-10-11-24-20-25-16-6-4-5-7-17(16)28-20/h4-7,15H,3,8-14H2,1-2H3,(H,21,27)(H,22,23)(H,24,25). The second-order valence-electron chi connectivity index (χ2n) is 6.96. The highest BCUT2D eigenvalue weighted by Gasteiger charge is 2.22. The van der Waals surface area contributed by atoms with Crippen LogP contribution in [0.2, 0.25) is 0 Å². The van der Waals surface area contributed by atoms with E-state index in [4.69, 9.17) is 4.99 Å². The van der Waals surface area contributed by atoms with Gasteiger partial charge in [-0.3, -0.25) is 9.79 Å². The van der Waals surface area contributed by atoms with Gasteiger partial charge in [0.2, 0.25) is 5.91 Å². The van der Waals surface area contributed by atoms with Crippen molar-refractivity contribution in [2.24, 2.45) is 10.9 Å². The highest BCUT2D eigenvalue weighted by atomic mass is 32.1. The van der Waals surface area contributed by atoms with Crippen molar-refractivity contribution in [2.45, 2.75) is 26.2 Å². The second kappa shape index (κ2) is 10.3. The summed E-state index contributed by atoms with van der Waals surface area (Å²) in [6.07, 6.45) is 2.69.